The largest absolute Gasteiger partial charge is 0.204 e. The van der Waals surface area contributed by atoms with Crippen LogP contribution < -0.4 is 0 Å². The van der Waals surface area contributed by atoms with E-state index in [1.54, 1.807) is 18.2 Å². The Hall–Kier alpha value is -0.900. The van der Waals surface area contributed by atoms with Gasteiger partial charge in [-0.25, -0.2) is 13.2 Å². The van der Waals surface area contributed by atoms with Crippen LogP contribution in [0.4, 0.5) is 13.2 Å². The molecule has 0 bridgehead atoms. The van der Waals surface area contributed by atoms with Crippen LogP contribution in [0.3, 0.4) is 0 Å². The minimum absolute atomic E-state index is 0.161. The molecule has 0 fully saturated rings. The molecule has 0 radical (unpaired) electrons. The smallest absolute Gasteiger partial charge is 0.194 e. The van der Waals surface area contributed by atoms with Gasteiger partial charge >= 0.3 is 0 Å². The first-order valence-corrected chi connectivity index (χ1v) is 6.80. The number of alkyl halides is 1. The molecule has 0 saturated carbocycles. The van der Waals surface area contributed by atoms with Gasteiger partial charge in [0, 0.05) is 0 Å². The molecule has 0 aliphatic rings. The van der Waals surface area contributed by atoms with E-state index in [0.29, 0.717) is 10.0 Å². The molecule has 2 aromatic carbocycles. The number of rotatable bonds is 3. The van der Waals surface area contributed by atoms with Gasteiger partial charge in [-0.2, -0.15) is 0 Å². The molecule has 0 spiro atoms. The molecule has 1 unspecified atom stereocenters. The third-order valence-electron chi connectivity index (χ3n) is 2.77. The molecular weight excluding hydrogens is 332 g/mol. The van der Waals surface area contributed by atoms with E-state index >= 15 is 0 Å². The number of benzene rings is 2. The van der Waals surface area contributed by atoms with Crippen molar-refractivity contribution in [3.05, 3.63) is 69.0 Å². The zero-order chi connectivity index (χ0) is 14.9. The SMILES string of the molecule is Fc1cc(C(Cl)Cc2ccc(Cl)c(Cl)c2)cc(F)c1F. The van der Waals surface area contributed by atoms with E-state index < -0.39 is 22.8 Å². The third kappa shape index (κ3) is 3.40. The fraction of sp³-hybridized carbons (Fsp3) is 0.143. The zero-order valence-electron chi connectivity index (χ0n) is 9.94. The van der Waals surface area contributed by atoms with E-state index in [1.165, 1.54) is 0 Å². The quantitative estimate of drug-likeness (QED) is 0.480. The van der Waals surface area contributed by atoms with Crippen molar-refractivity contribution in [3.8, 4) is 0 Å². The highest BCUT2D eigenvalue weighted by Crippen LogP contribution is 2.30. The molecule has 6 heteroatoms. The summed E-state index contributed by atoms with van der Waals surface area (Å²) in [6, 6.07) is 6.70. The normalized spacial score (nSPS) is 12.5. The van der Waals surface area contributed by atoms with Crippen LogP contribution in [-0.2, 0) is 6.42 Å². The van der Waals surface area contributed by atoms with Gasteiger partial charge in [-0.05, 0) is 41.8 Å². The van der Waals surface area contributed by atoms with Gasteiger partial charge in [-0.1, -0.05) is 29.3 Å². The molecule has 2 rings (SSSR count). The van der Waals surface area contributed by atoms with Crippen molar-refractivity contribution in [1.29, 1.82) is 0 Å². The highest BCUT2D eigenvalue weighted by Gasteiger charge is 2.16. The lowest BCUT2D eigenvalue weighted by molar-refractivity contribution is 0.445. The van der Waals surface area contributed by atoms with Crippen molar-refractivity contribution in [1.82, 2.24) is 0 Å². The lowest BCUT2D eigenvalue weighted by Gasteiger charge is -2.11. The van der Waals surface area contributed by atoms with E-state index in [4.69, 9.17) is 34.8 Å². The lowest BCUT2D eigenvalue weighted by atomic mass is 10.0. The maximum atomic E-state index is 13.1. The Kier molecular flexibility index (Phi) is 4.84. The Bertz CT molecular complexity index is 621. The van der Waals surface area contributed by atoms with E-state index in [9.17, 15) is 13.2 Å². The first-order valence-electron chi connectivity index (χ1n) is 5.61. The summed E-state index contributed by atoms with van der Waals surface area (Å²) in [5.41, 5.74) is 0.915. The van der Waals surface area contributed by atoms with Gasteiger partial charge in [0.05, 0.1) is 15.4 Å². The van der Waals surface area contributed by atoms with Gasteiger partial charge in [0.2, 0.25) is 0 Å². The van der Waals surface area contributed by atoms with Crippen molar-refractivity contribution < 1.29 is 13.2 Å². The minimum Gasteiger partial charge on any atom is -0.204 e. The molecule has 0 nitrogen and oxygen atoms in total. The Morgan fingerprint density at radius 2 is 1.50 bits per heavy atom. The van der Waals surface area contributed by atoms with Crippen molar-refractivity contribution in [3.63, 3.8) is 0 Å². The molecule has 0 saturated heterocycles. The van der Waals surface area contributed by atoms with E-state index in [1.807, 2.05) is 0 Å². The summed E-state index contributed by atoms with van der Waals surface area (Å²) in [6.07, 6.45) is 0.281. The standard InChI is InChI=1S/C14H8Cl3F3/c15-9-2-1-7(4-11(9)17)3-10(16)8-5-12(18)14(20)13(19)6-8/h1-2,4-6,10H,3H2. The number of halogens is 6. The molecule has 0 aromatic heterocycles. The van der Waals surface area contributed by atoms with Crippen LogP contribution >= 0.6 is 34.8 Å². The zero-order valence-corrected chi connectivity index (χ0v) is 12.2. The topological polar surface area (TPSA) is 0 Å². The molecule has 0 amide bonds. The molecule has 106 valence electrons. The van der Waals surface area contributed by atoms with Gasteiger partial charge in [0.15, 0.2) is 17.5 Å². The second-order valence-corrected chi connectivity index (χ2v) is 5.56. The second kappa shape index (κ2) is 6.25. The summed E-state index contributed by atoms with van der Waals surface area (Å²) in [4.78, 5) is 0. The van der Waals surface area contributed by atoms with Gasteiger partial charge in [0.1, 0.15) is 0 Å². The molecule has 0 aliphatic carbocycles. The van der Waals surface area contributed by atoms with Crippen LogP contribution in [0.25, 0.3) is 0 Å². The fourth-order valence-corrected chi connectivity index (χ4v) is 2.37. The summed E-state index contributed by atoms with van der Waals surface area (Å²) >= 11 is 17.8. The lowest BCUT2D eigenvalue weighted by Crippen LogP contribution is -2.00. The molecule has 20 heavy (non-hydrogen) atoms. The Morgan fingerprint density at radius 1 is 0.900 bits per heavy atom. The molecule has 2 aromatic rings. The van der Waals surface area contributed by atoms with Crippen molar-refractivity contribution in [2.24, 2.45) is 0 Å². The van der Waals surface area contributed by atoms with Gasteiger partial charge in [-0.3, -0.25) is 0 Å². The number of hydrogen-bond donors (Lipinski definition) is 0. The summed E-state index contributed by atoms with van der Waals surface area (Å²) < 4.78 is 39.2. The van der Waals surface area contributed by atoms with Crippen LogP contribution in [0.15, 0.2) is 30.3 Å². The second-order valence-electron chi connectivity index (χ2n) is 4.22. The Labute approximate surface area is 129 Å². The summed E-state index contributed by atoms with van der Waals surface area (Å²) in [5.74, 6) is -4.04. The van der Waals surface area contributed by atoms with Gasteiger partial charge in [-0.15, -0.1) is 11.6 Å². The summed E-state index contributed by atoms with van der Waals surface area (Å²) in [6.45, 7) is 0. The van der Waals surface area contributed by atoms with Crippen LogP contribution in [-0.4, -0.2) is 0 Å². The first kappa shape index (κ1) is 15.5. The van der Waals surface area contributed by atoms with Crippen molar-refractivity contribution in [2.75, 3.05) is 0 Å². The predicted octanol–water partition coefficient (Wildman–Crippen LogP) is 5.93. The van der Waals surface area contributed by atoms with Gasteiger partial charge in [0.25, 0.3) is 0 Å². The highest BCUT2D eigenvalue weighted by molar-refractivity contribution is 6.42. The maximum Gasteiger partial charge on any atom is 0.194 e. The third-order valence-corrected chi connectivity index (χ3v) is 3.91. The van der Waals surface area contributed by atoms with E-state index in [0.717, 1.165) is 17.7 Å². The monoisotopic (exact) mass is 338 g/mol. The molecule has 0 aliphatic heterocycles. The summed E-state index contributed by atoms with van der Waals surface area (Å²) in [5, 5.41) is 0.0572. The van der Waals surface area contributed by atoms with Crippen LogP contribution in [0.2, 0.25) is 10.0 Å². The maximum absolute atomic E-state index is 13.1. The van der Waals surface area contributed by atoms with Crippen LogP contribution in [0, 0.1) is 17.5 Å². The highest BCUT2D eigenvalue weighted by atomic mass is 35.5. The van der Waals surface area contributed by atoms with Gasteiger partial charge < -0.3 is 0 Å². The summed E-state index contributed by atoms with van der Waals surface area (Å²) in [7, 11) is 0. The first-order chi connectivity index (χ1) is 9.38. The van der Waals surface area contributed by atoms with Crippen molar-refractivity contribution >= 4 is 34.8 Å². The average Bonchev–Trinajstić information content (AvgIpc) is 2.39. The van der Waals surface area contributed by atoms with Crippen LogP contribution in [0.1, 0.15) is 16.5 Å². The molecule has 0 N–H and O–H groups in total. The number of hydrogen-bond acceptors (Lipinski definition) is 0. The Balaban J connectivity index is 2.23. The van der Waals surface area contributed by atoms with Crippen molar-refractivity contribution in [2.45, 2.75) is 11.8 Å². The van der Waals surface area contributed by atoms with E-state index in [2.05, 4.69) is 0 Å². The van der Waals surface area contributed by atoms with E-state index in [-0.39, 0.29) is 12.0 Å². The minimum atomic E-state index is -1.51. The average molecular weight is 340 g/mol. The molecule has 0 heterocycles. The Morgan fingerprint density at radius 3 is 2.05 bits per heavy atom. The fourth-order valence-electron chi connectivity index (χ4n) is 1.75. The molecule has 1 atom stereocenters. The van der Waals surface area contributed by atoms with Crippen LogP contribution in [0.5, 0.6) is 0 Å². The predicted molar refractivity (Wildman–Crippen MR) is 75.1 cm³/mol. The molecular formula is C14H8Cl3F3.